The number of esters is 1. The third-order valence-corrected chi connectivity index (χ3v) is 3.34. The van der Waals surface area contributed by atoms with Crippen LogP contribution in [-0.2, 0) is 14.3 Å². The standard InChI is InChI=1S/C16H30O5/c17-13-9-5-1-4-8-12-16(20)21-14-10-6-2-3-7-11-15(18)19/h17H,1-14H2,(H,18,19). The normalized spacial score (nSPS) is 10.5. The minimum atomic E-state index is -0.736. The molecule has 0 saturated carbocycles. The molecule has 0 aliphatic carbocycles. The van der Waals surface area contributed by atoms with Crippen molar-refractivity contribution in [1.29, 1.82) is 0 Å². The van der Waals surface area contributed by atoms with Crippen LogP contribution in [0.5, 0.6) is 0 Å². The van der Waals surface area contributed by atoms with Crippen LogP contribution >= 0.6 is 0 Å². The highest BCUT2D eigenvalue weighted by Gasteiger charge is 2.02. The van der Waals surface area contributed by atoms with E-state index in [-0.39, 0.29) is 19.0 Å². The van der Waals surface area contributed by atoms with Crippen molar-refractivity contribution in [3.8, 4) is 0 Å². The summed E-state index contributed by atoms with van der Waals surface area (Å²) in [6, 6.07) is 0. The number of unbranched alkanes of at least 4 members (excludes halogenated alkanes) is 8. The summed E-state index contributed by atoms with van der Waals surface area (Å²) < 4.78 is 5.14. The largest absolute Gasteiger partial charge is 0.481 e. The molecule has 5 nitrogen and oxygen atoms in total. The van der Waals surface area contributed by atoms with Crippen molar-refractivity contribution < 1.29 is 24.5 Å². The Morgan fingerprint density at radius 2 is 1.24 bits per heavy atom. The predicted octanol–water partition coefficient (Wildman–Crippen LogP) is 3.29. The summed E-state index contributed by atoms with van der Waals surface area (Å²) in [5.74, 6) is -0.858. The second-order valence-electron chi connectivity index (χ2n) is 5.37. The van der Waals surface area contributed by atoms with E-state index < -0.39 is 5.97 Å². The molecule has 21 heavy (non-hydrogen) atoms. The number of hydrogen-bond acceptors (Lipinski definition) is 4. The van der Waals surface area contributed by atoms with Gasteiger partial charge in [0.15, 0.2) is 0 Å². The lowest BCUT2D eigenvalue weighted by atomic mass is 10.1. The zero-order chi connectivity index (χ0) is 15.8. The van der Waals surface area contributed by atoms with Crippen LogP contribution in [0.3, 0.4) is 0 Å². The van der Waals surface area contributed by atoms with Crippen LogP contribution in [0.15, 0.2) is 0 Å². The Balaban J connectivity index is 3.17. The fourth-order valence-corrected chi connectivity index (χ4v) is 2.08. The summed E-state index contributed by atoms with van der Waals surface area (Å²) >= 11 is 0. The zero-order valence-corrected chi connectivity index (χ0v) is 13.0. The molecular weight excluding hydrogens is 272 g/mol. The van der Waals surface area contributed by atoms with Gasteiger partial charge in [0.05, 0.1) is 6.61 Å². The van der Waals surface area contributed by atoms with E-state index in [1.165, 1.54) is 0 Å². The number of carbonyl (C=O) groups is 2. The lowest BCUT2D eigenvalue weighted by molar-refractivity contribution is -0.144. The number of aliphatic carboxylic acids is 1. The second-order valence-corrected chi connectivity index (χ2v) is 5.37. The molecule has 0 saturated heterocycles. The summed E-state index contributed by atoms with van der Waals surface area (Å²) in [6.45, 7) is 0.723. The van der Waals surface area contributed by atoms with E-state index in [9.17, 15) is 9.59 Å². The Kier molecular flexibility index (Phi) is 14.5. The van der Waals surface area contributed by atoms with Crippen molar-refractivity contribution in [3.63, 3.8) is 0 Å². The number of rotatable bonds is 15. The molecule has 0 unspecified atom stereocenters. The van der Waals surface area contributed by atoms with Crippen molar-refractivity contribution in [1.82, 2.24) is 0 Å². The average Bonchev–Trinajstić information content (AvgIpc) is 2.45. The molecular formula is C16H30O5. The molecule has 0 spiro atoms. The lowest BCUT2D eigenvalue weighted by Crippen LogP contribution is -2.05. The summed E-state index contributed by atoms with van der Waals surface area (Å²) in [7, 11) is 0. The second kappa shape index (κ2) is 15.3. The number of aliphatic hydroxyl groups is 1. The maximum absolute atomic E-state index is 11.4. The lowest BCUT2D eigenvalue weighted by Gasteiger charge is -2.05. The first kappa shape index (κ1) is 19.9. The minimum Gasteiger partial charge on any atom is -0.481 e. The van der Waals surface area contributed by atoms with Crippen molar-refractivity contribution in [2.24, 2.45) is 0 Å². The molecule has 124 valence electrons. The third-order valence-electron chi connectivity index (χ3n) is 3.34. The van der Waals surface area contributed by atoms with E-state index in [2.05, 4.69) is 0 Å². The third kappa shape index (κ3) is 16.8. The van der Waals surface area contributed by atoms with Crippen LogP contribution in [-0.4, -0.2) is 35.4 Å². The predicted molar refractivity (Wildman–Crippen MR) is 81.1 cm³/mol. The van der Waals surface area contributed by atoms with E-state index in [0.29, 0.717) is 13.0 Å². The van der Waals surface area contributed by atoms with Crippen LogP contribution in [0.1, 0.15) is 77.0 Å². The average molecular weight is 302 g/mol. The molecule has 0 aromatic rings. The SMILES string of the molecule is O=C(O)CCCCCCCOC(=O)CCCCCCCO. The monoisotopic (exact) mass is 302 g/mol. The van der Waals surface area contributed by atoms with Crippen molar-refractivity contribution >= 4 is 11.9 Å². The van der Waals surface area contributed by atoms with Crippen molar-refractivity contribution in [2.45, 2.75) is 77.0 Å². The maximum atomic E-state index is 11.4. The molecule has 0 aliphatic heterocycles. The Hall–Kier alpha value is -1.10. The number of ether oxygens (including phenoxy) is 1. The first-order chi connectivity index (χ1) is 10.2. The number of carbonyl (C=O) groups excluding carboxylic acids is 1. The molecule has 0 bridgehead atoms. The molecule has 0 amide bonds. The van der Waals surface area contributed by atoms with E-state index in [0.717, 1.165) is 64.2 Å². The fraction of sp³-hybridized carbons (Fsp3) is 0.875. The van der Waals surface area contributed by atoms with Crippen LogP contribution in [0.2, 0.25) is 0 Å². The molecule has 2 N–H and O–H groups in total. The molecule has 0 fully saturated rings. The van der Waals surface area contributed by atoms with E-state index in [1.54, 1.807) is 0 Å². The van der Waals surface area contributed by atoms with Gasteiger partial charge >= 0.3 is 11.9 Å². The van der Waals surface area contributed by atoms with E-state index in [1.807, 2.05) is 0 Å². The van der Waals surface area contributed by atoms with E-state index in [4.69, 9.17) is 14.9 Å². The van der Waals surface area contributed by atoms with Gasteiger partial charge in [-0.1, -0.05) is 38.5 Å². The molecule has 0 radical (unpaired) electrons. The Bertz CT molecular complexity index is 265. The first-order valence-electron chi connectivity index (χ1n) is 8.15. The van der Waals surface area contributed by atoms with Gasteiger partial charge in [-0.3, -0.25) is 9.59 Å². The minimum absolute atomic E-state index is 0.122. The number of carboxylic acid groups (broad SMARTS) is 1. The highest BCUT2D eigenvalue weighted by molar-refractivity contribution is 5.69. The Labute approximate surface area is 127 Å². The molecule has 0 aliphatic rings. The van der Waals surface area contributed by atoms with Gasteiger partial charge in [-0.05, 0) is 25.7 Å². The fourth-order valence-electron chi connectivity index (χ4n) is 2.08. The summed E-state index contributed by atoms with van der Waals surface area (Å²) in [5, 5.41) is 17.1. The van der Waals surface area contributed by atoms with Gasteiger partial charge in [0.1, 0.15) is 0 Å². The highest BCUT2D eigenvalue weighted by atomic mass is 16.5. The first-order valence-corrected chi connectivity index (χ1v) is 8.15. The van der Waals surface area contributed by atoms with Gasteiger partial charge in [-0.2, -0.15) is 0 Å². The van der Waals surface area contributed by atoms with Crippen molar-refractivity contribution in [2.75, 3.05) is 13.2 Å². The van der Waals surface area contributed by atoms with Gasteiger partial charge in [0.2, 0.25) is 0 Å². The van der Waals surface area contributed by atoms with Crippen LogP contribution in [0, 0.1) is 0 Å². The Morgan fingerprint density at radius 3 is 1.86 bits per heavy atom. The van der Waals surface area contributed by atoms with Crippen LogP contribution < -0.4 is 0 Å². The maximum Gasteiger partial charge on any atom is 0.305 e. The quantitative estimate of drug-likeness (QED) is 0.358. The van der Waals surface area contributed by atoms with Gasteiger partial charge in [0.25, 0.3) is 0 Å². The van der Waals surface area contributed by atoms with Gasteiger partial charge in [0, 0.05) is 19.4 Å². The summed E-state index contributed by atoms with van der Waals surface area (Å²) in [5.41, 5.74) is 0. The zero-order valence-electron chi connectivity index (χ0n) is 13.0. The molecule has 0 rings (SSSR count). The molecule has 0 aromatic carbocycles. The van der Waals surface area contributed by atoms with Gasteiger partial charge in [-0.25, -0.2) is 0 Å². The Morgan fingerprint density at radius 1 is 0.714 bits per heavy atom. The molecule has 0 aromatic heterocycles. The van der Waals surface area contributed by atoms with Gasteiger partial charge in [-0.15, -0.1) is 0 Å². The molecule has 5 heteroatoms. The van der Waals surface area contributed by atoms with Crippen LogP contribution in [0.4, 0.5) is 0 Å². The number of carboxylic acids is 1. The van der Waals surface area contributed by atoms with E-state index >= 15 is 0 Å². The number of aliphatic hydroxyl groups excluding tert-OH is 1. The smallest absolute Gasteiger partial charge is 0.305 e. The van der Waals surface area contributed by atoms with Crippen molar-refractivity contribution in [3.05, 3.63) is 0 Å². The summed E-state index contributed by atoms with van der Waals surface area (Å²) in [6.07, 6.45) is 10.0. The number of hydrogen-bond donors (Lipinski definition) is 2. The van der Waals surface area contributed by atoms with Crippen LogP contribution in [0.25, 0.3) is 0 Å². The molecule has 0 atom stereocenters. The molecule has 0 heterocycles. The highest BCUT2D eigenvalue weighted by Crippen LogP contribution is 2.08. The van der Waals surface area contributed by atoms with Gasteiger partial charge < -0.3 is 14.9 Å². The topological polar surface area (TPSA) is 83.8 Å². The summed E-state index contributed by atoms with van der Waals surface area (Å²) in [4.78, 5) is 21.7.